The maximum atomic E-state index is 13.2. The predicted octanol–water partition coefficient (Wildman–Crippen LogP) is 5.11. The first-order valence-corrected chi connectivity index (χ1v) is 11.3. The summed E-state index contributed by atoms with van der Waals surface area (Å²) in [6, 6.07) is 16.6. The standard InChI is InChI=1S/C28H24N2O5/c1-33-24-12-9-17(15-25(24)34-2)14-18-10-11-20-26(19-6-3-4-7-21(19)30-27(18)20)28(32)35-16-23(31)22-8-5-13-29-22/h3-9,12-15,29H,10-11,16H2,1-2H3. The fourth-order valence-corrected chi connectivity index (χ4v) is 4.44. The van der Waals surface area contributed by atoms with E-state index >= 15 is 0 Å². The molecule has 5 rings (SSSR count). The third-order valence-corrected chi connectivity index (χ3v) is 6.13. The summed E-state index contributed by atoms with van der Waals surface area (Å²) < 4.78 is 16.2. The maximum Gasteiger partial charge on any atom is 0.339 e. The van der Waals surface area contributed by atoms with Gasteiger partial charge in [-0.05, 0) is 65.9 Å². The number of hydrogen-bond donors (Lipinski definition) is 1. The van der Waals surface area contributed by atoms with Crippen LogP contribution in [0.2, 0.25) is 0 Å². The zero-order valence-corrected chi connectivity index (χ0v) is 19.5. The number of aromatic amines is 1. The van der Waals surface area contributed by atoms with Crippen LogP contribution in [0.15, 0.2) is 60.8 Å². The molecule has 0 bridgehead atoms. The number of pyridine rings is 1. The molecule has 0 radical (unpaired) electrons. The Kier molecular flexibility index (Phi) is 6.06. The number of H-pyrrole nitrogens is 1. The van der Waals surface area contributed by atoms with Gasteiger partial charge in [0.1, 0.15) is 0 Å². The smallest absolute Gasteiger partial charge is 0.339 e. The molecule has 176 valence electrons. The Morgan fingerprint density at radius 1 is 1.00 bits per heavy atom. The Hall–Kier alpha value is -4.39. The molecule has 1 aliphatic rings. The first-order chi connectivity index (χ1) is 17.1. The van der Waals surface area contributed by atoms with Gasteiger partial charge in [0.05, 0.1) is 36.7 Å². The highest BCUT2D eigenvalue weighted by Crippen LogP contribution is 2.38. The van der Waals surface area contributed by atoms with Gasteiger partial charge in [0.15, 0.2) is 18.1 Å². The van der Waals surface area contributed by atoms with Gasteiger partial charge in [-0.2, -0.15) is 0 Å². The number of nitrogens with zero attached hydrogens (tertiary/aromatic N) is 1. The van der Waals surface area contributed by atoms with Crippen LogP contribution in [-0.2, 0) is 11.2 Å². The van der Waals surface area contributed by atoms with Crippen molar-refractivity contribution in [3.8, 4) is 11.5 Å². The minimum atomic E-state index is -0.521. The van der Waals surface area contributed by atoms with Crippen LogP contribution in [-0.4, -0.2) is 42.5 Å². The Labute approximate surface area is 202 Å². The molecule has 0 spiro atoms. The van der Waals surface area contributed by atoms with Crippen LogP contribution in [0, 0.1) is 0 Å². The van der Waals surface area contributed by atoms with E-state index < -0.39 is 5.97 Å². The van der Waals surface area contributed by atoms with Crippen molar-refractivity contribution in [2.75, 3.05) is 20.8 Å². The minimum Gasteiger partial charge on any atom is -0.493 e. The van der Waals surface area contributed by atoms with Gasteiger partial charge in [0, 0.05) is 11.6 Å². The first kappa shape index (κ1) is 22.4. The van der Waals surface area contributed by atoms with Gasteiger partial charge < -0.3 is 19.2 Å². The lowest BCUT2D eigenvalue weighted by Gasteiger charge is -2.12. The SMILES string of the molecule is COc1ccc(C=C2CCc3c2nc2ccccc2c3C(=O)OCC(=O)c2ccc[nH]2)cc1OC. The van der Waals surface area contributed by atoms with Gasteiger partial charge >= 0.3 is 5.97 Å². The molecule has 0 unspecified atom stereocenters. The van der Waals surface area contributed by atoms with Crippen LogP contribution in [0.3, 0.4) is 0 Å². The summed E-state index contributed by atoms with van der Waals surface area (Å²) in [4.78, 5) is 33.3. The summed E-state index contributed by atoms with van der Waals surface area (Å²) in [6.07, 6.45) is 5.10. The van der Waals surface area contributed by atoms with Gasteiger partial charge in [-0.3, -0.25) is 4.79 Å². The lowest BCUT2D eigenvalue weighted by Crippen LogP contribution is -2.16. The molecule has 0 amide bonds. The molecular formula is C28H24N2O5. The van der Waals surface area contributed by atoms with Crippen molar-refractivity contribution < 1.29 is 23.8 Å². The van der Waals surface area contributed by atoms with Crippen molar-refractivity contribution in [3.63, 3.8) is 0 Å². The highest BCUT2D eigenvalue weighted by atomic mass is 16.5. The van der Waals surface area contributed by atoms with Crippen LogP contribution < -0.4 is 9.47 Å². The van der Waals surface area contributed by atoms with Crippen LogP contribution in [0.4, 0.5) is 0 Å². The summed E-state index contributed by atoms with van der Waals surface area (Å²) in [5.41, 5.74) is 5.17. The third kappa shape index (κ3) is 4.28. The van der Waals surface area contributed by atoms with E-state index in [1.54, 1.807) is 32.5 Å². The Balaban J connectivity index is 1.52. The van der Waals surface area contributed by atoms with Gasteiger partial charge in [-0.25, -0.2) is 9.78 Å². The third-order valence-electron chi connectivity index (χ3n) is 6.13. The predicted molar refractivity (Wildman–Crippen MR) is 133 cm³/mol. The van der Waals surface area contributed by atoms with E-state index in [1.807, 2.05) is 42.5 Å². The number of carbonyl (C=O) groups excluding carboxylic acids is 2. The van der Waals surface area contributed by atoms with E-state index in [4.69, 9.17) is 19.2 Å². The molecular weight excluding hydrogens is 444 g/mol. The van der Waals surface area contributed by atoms with Crippen LogP contribution in [0.1, 0.15) is 44.1 Å². The van der Waals surface area contributed by atoms with Gasteiger partial charge in [0.25, 0.3) is 0 Å². The van der Waals surface area contributed by atoms with Crippen molar-refractivity contribution >= 4 is 34.3 Å². The first-order valence-electron chi connectivity index (χ1n) is 11.3. The summed E-state index contributed by atoms with van der Waals surface area (Å²) in [5.74, 6) is 0.492. The zero-order chi connectivity index (χ0) is 24.4. The molecule has 2 aromatic carbocycles. The molecule has 0 saturated carbocycles. The molecule has 35 heavy (non-hydrogen) atoms. The Bertz CT molecular complexity index is 1450. The van der Waals surface area contributed by atoms with Crippen molar-refractivity contribution in [1.29, 1.82) is 0 Å². The second kappa shape index (κ2) is 9.46. The number of esters is 1. The summed E-state index contributed by atoms with van der Waals surface area (Å²) in [6.45, 7) is -0.334. The highest BCUT2D eigenvalue weighted by molar-refractivity contribution is 6.08. The second-order valence-corrected chi connectivity index (χ2v) is 8.20. The summed E-state index contributed by atoms with van der Waals surface area (Å²) in [5, 5.41) is 0.718. The van der Waals surface area contributed by atoms with E-state index in [9.17, 15) is 9.59 Å². The van der Waals surface area contributed by atoms with Gasteiger partial charge in [-0.15, -0.1) is 0 Å². The molecule has 1 aliphatic carbocycles. The van der Waals surface area contributed by atoms with E-state index in [2.05, 4.69) is 11.1 Å². The molecule has 0 fully saturated rings. The largest absolute Gasteiger partial charge is 0.493 e. The van der Waals surface area contributed by atoms with Crippen molar-refractivity contribution in [1.82, 2.24) is 9.97 Å². The fourth-order valence-electron chi connectivity index (χ4n) is 4.44. The van der Waals surface area contributed by atoms with E-state index in [0.29, 0.717) is 34.7 Å². The monoisotopic (exact) mass is 468 g/mol. The molecule has 0 aliphatic heterocycles. The molecule has 4 aromatic rings. The normalized spacial score (nSPS) is 13.6. The number of benzene rings is 2. The topological polar surface area (TPSA) is 90.5 Å². The number of methoxy groups -OCH3 is 2. The molecule has 0 saturated heterocycles. The number of ketones is 1. The fraction of sp³-hybridized carbons (Fsp3) is 0.179. The zero-order valence-electron chi connectivity index (χ0n) is 19.5. The number of fused-ring (bicyclic) bond motifs is 2. The Morgan fingerprint density at radius 2 is 1.83 bits per heavy atom. The number of hydrogen-bond acceptors (Lipinski definition) is 6. The average Bonchev–Trinajstić information content (AvgIpc) is 3.56. The van der Waals surface area contributed by atoms with Gasteiger partial charge in [0.2, 0.25) is 5.78 Å². The molecule has 7 heteroatoms. The van der Waals surface area contributed by atoms with Crippen LogP contribution in [0.25, 0.3) is 22.6 Å². The number of Topliss-reactive ketones (excluding diaryl/α,β-unsaturated/α-hetero) is 1. The molecule has 2 heterocycles. The minimum absolute atomic E-state index is 0.285. The van der Waals surface area contributed by atoms with Crippen LogP contribution >= 0.6 is 0 Å². The number of allylic oxidation sites excluding steroid dienone is 1. The number of ether oxygens (including phenoxy) is 3. The molecule has 7 nitrogen and oxygen atoms in total. The summed E-state index contributed by atoms with van der Waals surface area (Å²) in [7, 11) is 3.20. The lowest BCUT2D eigenvalue weighted by molar-refractivity contribution is 0.0474. The van der Waals surface area contributed by atoms with Crippen LogP contribution in [0.5, 0.6) is 11.5 Å². The van der Waals surface area contributed by atoms with E-state index in [1.165, 1.54) is 0 Å². The number of carbonyl (C=O) groups is 2. The van der Waals surface area contributed by atoms with E-state index in [-0.39, 0.29) is 12.4 Å². The maximum absolute atomic E-state index is 13.2. The quantitative estimate of drug-likeness (QED) is 0.300. The highest BCUT2D eigenvalue weighted by Gasteiger charge is 2.28. The van der Waals surface area contributed by atoms with Crippen molar-refractivity contribution in [2.45, 2.75) is 12.8 Å². The van der Waals surface area contributed by atoms with E-state index in [0.717, 1.165) is 34.2 Å². The lowest BCUT2D eigenvalue weighted by atomic mass is 10.0. The molecule has 2 aromatic heterocycles. The van der Waals surface area contributed by atoms with Gasteiger partial charge in [-0.1, -0.05) is 24.3 Å². The Morgan fingerprint density at radius 3 is 2.60 bits per heavy atom. The second-order valence-electron chi connectivity index (χ2n) is 8.20. The number of nitrogens with one attached hydrogen (secondary N) is 1. The average molecular weight is 469 g/mol. The number of rotatable bonds is 7. The molecule has 0 atom stereocenters. The summed E-state index contributed by atoms with van der Waals surface area (Å²) >= 11 is 0. The number of para-hydroxylation sites is 1. The van der Waals surface area contributed by atoms with Crippen molar-refractivity contribution in [3.05, 3.63) is 88.9 Å². The number of aromatic nitrogens is 2. The van der Waals surface area contributed by atoms with Crippen molar-refractivity contribution in [2.24, 2.45) is 0 Å². The molecule has 1 N–H and O–H groups in total.